The molecule has 0 saturated carbocycles. The second kappa shape index (κ2) is 31.5. The fourth-order valence-corrected chi connectivity index (χ4v) is 5.65. The first-order chi connectivity index (χ1) is 23.0. The molecule has 0 aromatic heterocycles. The van der Waals surface area contributed by atoms with E-state index in [1.165, 1.54) is 57.8 Å². The van der Waals surface area contributed by atoms with Gasteiger partial charge in [-0.2, -0.15) is 0 Å². The van der Waals surface area contributed by atoms with Crippen molar-refractivity contribution < 1.29 is 42.1 Å². The summed E-state index contributed by atoms with van der Waals surface area (Å²) in [6, 6.07) is 0. The predicted molar refractivity (Wildman–Crippen MR) is 194 cm³/mol. The van der Waals surface area contributed by atoms with Gasteiger partial charge in [0, 0.05) is 12.8 Å². The molecule has 10 heteroatoms. The molecule has 0 heterocycles. The lowest BCUT2D eigenvalue weighted by atomic mass is 10.1. The predicted octanol–water partition coefficient (Wildman–Crippen LogP) is 9.38. The quantitative estimate of drug-likeness (QED) is 0.0215. The molecular weight excluding hydrogens is 629 g/mol. The van der Waals surface area contributed by atoms with Crippen molar-refractivity contribution in [1.29, 1.82) is 0 Å². The number of allylic oxidation sites excluding steroid dienone is 4. The molecular formula is C38H72NO8P. The minimum atomic E-state index is -4.62. The molecule has 0 bridgehead atoms. The zero-order valence-electron chi connectivity index (χ0n) is 31.4. The number of carbonyl (C=O) groups is 2. The third kappa shape index (κ3) is 34.4. The van der Waals surface area contributed by atoms with Crippen LogP contribution in [-0.2, 0) is 32.7 Å². The van der Waals surface area contributed by atoms with Crippen molar-refractivity contribution in [2.45, 2.75) is 161 Å². The minimum absolute atomic E-state index is 0.0324. The highest BCUT2D eigenvalue weighted by Gasteiger charge is 2.21. The number of hydrogen-bond acceptors (Lipinski definition) is 8. The van der Waals surface area contributed by atoms with Crippen molar-refractivity contribution in [2.24, 2.45) is 0 Å². The van der Waals surface area contributed by atoms with Gasteiger partial charge < -0.3 is 27.9 Å². The molecule has 0 amide bonds. The lowest BCUT2D eigenvalue weighted by Gasteiger charge is -2.28. The van der Waals surface area contributed by atoms with Crippen LogP contribution in [0.15, 0.2) is 24.3 Å². The summed E-state index contributed by atoms with van der Waals surface area (Å²) < 4.78 is 33.7. The average Bonchev–Trinajstić information content (AvgIpc) is 3.02. The number of phosphoric acid groups is 1. The molecule has 0 spiro atoms. The lowest BCUT2D eigenvalue weighted by Crippen LogP contribution is -2.37. The van der Waals surface area contributed by atoms with E-state index in [0.29, 0.717) is 17.4 Å². The van der Waals surface area contributed by atoms with E-state index in [9.17, 15) is 19.0 Å². The van der Waals surface area contributed by atoms with Crippen LogP contribution >= 0.6 is 7.82 Å². The maximum absolute atomic E-state index is 12.6. The van der Waals surface area contributed by atoms with Gasteiger partial charge in [0.1, 0.15) is 19.8 Å². The number of nitrogens with zero attached hydrogens (tertiary/aromatic N) is 1. The van der Waals surface area contributed by atoms with Crippen LogP contribution in [0, 0.1) is 0 Å². The Morgan fingerprint density at radius 3 is 1.73 bits per heavy atom. The molecule has 0 rings (SSSR count). The molecule has 2 atom stereocenters. The molecule has 282 valence electrons. The highest BCUT2D eigenvalue weighted by Crippen LogP contribution is 2.38. The van der Waals surface area contributed by atoms with Crippen molar-refractivity contribution in [3.8, 4) is 0 Å². The van der Waals surface area contributed by atoms with E-state index in [-0.39, 0.29) is 32.0 Å². The van der Waals surface area contributed by atoms with E-state index in [2.05, 4.69) is 38.2 Å². The SMILES string of the molecule is CCC/C=C\C/C=C\CCCCCCCC(=O)OC(COC(=O)CCCCCCCCCCCCC)COP(=O)([O-])OCC[N+](C)(C)C. The van der Waals surface area contributed by atoms with Crippen LogP contribution < -0.4 is 4.89 Å². The smallest absolute Gasteiger partial charge is 0.306 e. The number of unbranched alkanes of at least 4 members (excludes halogenated alkanes) is 16. The van der Waals surface area contributed by atoms with E-state index >= 15 is 0 Å². The highest BCUT2D eigenvalue weighted by molar-refractivity contribution is 7.45. The zero-order valence-corrected chi connectivity index (χ0v) is 32.3. The number of esters is 2. The zero-order chi connectivity index (χ0) is 35.8. The van der Waals surface area contributed by atoms with Gasteiger partial charge in [-0.1, -0.05) is 128 Å². The van der Waals surface area contributed by atoms with Crippen molar-refractivity contribution in [3.05, 3.63) is 24.3 Å². The van der Waals surface area contributed by atoms with Crippen molar-refractivity contribution in [2.75, 3.05) is 47.5 Å². The Labute approximate surface area is 294 Å². The second-order valence-electron chi connectivity index (χ2n) is 13.9. The third-order valence-corrected chi connectivity index (χ3v) is 8.92. The summed E-state index contributed by atoms with van der Waals surface area (Å²) in [7, 11) is 1.16. The van der Waals surface area contributed by atoms with Gasteiger partial charge in [-0.3, -0.25) is 14.2 Å². The lowest BCUT2D eigenvalue weighted by molar-refractivity contribution is -0.870. The normalized spacial score (nSPS) is 14.0. The topological polar surface area (TPSA) is 111 Å². The van der Waals surface area contributed by atoms with Gasteiger partial charge in [-0.15, -0.1) is 0 Å². The summed E-state index contributed by atoms with van der Waals surface area (Å²) in [5.74, 6) is -0.852. The van der Waals surface area contributed by atoms with E-state index in [4.69, 9.17) is 18.5 Å². The first-order valence-corrected chi connectivity index (χ1v) is 20.5. The standard InChI is InChI=1S/C38H72NO8P/c1-6-8-10-12-14-16-18-19-21-23-25-27-29-31-38(41)47-36(35-46-48(42,43)45-33-32-39(3,4)5)34-44-37(40)30-28-26-24-22-20-17-15-13-11-9-7-2/h10,12,16,18,36H,6-9,11,13-15,17,19-35H2,1-5H3/b12-10-,18-16-. The van der Waals surface area contributed by atoms with Gasteiger partial charge in [0.25, 0.3) is 7.82 Å². The first kappa shape index (κ1) is 46.5. The van der Waals surface area contributed by atoms with Crippen molar-refractivity contribution in [3.63, 3.8) is 0 Å². The van der Waals surface area contributed by atoms with Crippen LogP contribution in [-0.4, -0.2) is 70.0 Å². The Bertz CT molecular complexity index is 886. The van der Waals surface area contributed by atoms with Gasteiger partial charge in [0.2, 0.25) is 0 Å². The van der Waals surface area contributed by atoms with E-state index in [1.54, 1.807) is 0 Å². The largest absolute Gasteiger partial charge is 0.756 e. The monoisotopic (exact) mass is 701 g/mol. The van der Waals surface area contributed by atoms with Crippen LogP contribution in [0.1, 0.15) is 155 Å². The van der Waals surface area contributed by atoms with Gasteiger partial charge in [-0.05, 0) is 38.5 Å². The molecule has 0 N–H and O–H groups in total. The molecule has 0 aliphatic carbocycles. The van der Waals surface area contributed by atoms with Crippen LogP contribution in [0.4, 0.5) is 0 Å². The van der Waals surface area contributed by atoms with Crippen LogP contribution in [0.25, 0.3) is 0 Å². The van der Waals surface area contributed by atoms with Gasteiger partial charge in [0.15, 0.2) is 6.10 Å². The summed E-state index contributed by atoms with van der Waals surface area (Å²) in [6.45, 7) is 4.12. The molecule has 0 aromatic carbocycles. The van der Waals surface area contributed by atoms with Gasteiger partial charge in [0.05, 0.1) is 27.7 Å². The number of hydrogen-bond donors (Lipinski definition) is 0. The molecule has 0 fully saturated rings. The summed E-state index contributed by atoms with van der Waals surface area (Å²) in [5.41, 5.74) is 0. The Kier molecular flexibility index (Phi) is 30.5. The highest BCUT2D eigenvalue weighted by atomic mass is 31.2. The molecule has 48 heavy (non-hydrogen) atoms. The Hall–Kier alpha value is -1.51. The average molecular weight is 702 g/mol. The minimum Gasteiger partial charge on any atom is -0.756 e. The summed E-state index contributed by atoms with van der Waals surface area (Å²) >= 11 is 0. The van der Waals surface area contributed by atoms with Crippen molar-refractivity contribution in [1.82, 2.24) is 0 Å². The van der Waals surface area contributed by atoms with Gasteiger partial charge in [-0.25, -0.2) is 0 Å². The fourth-order valence-electron chi connectivity index (χ4n) is 4.93. The molecule has 0 aliphatic rings. The molecule has 9 nitrogen and oxygen atoms in total. The summed E-state index contributed by atoms with van der Waals surface area (Å²) in [6.07, 6.45) is 30.6. The summed E-state index contributed by atoms with van der Waals surface area (Å²) in [4.78, 5) is 37.3. The number of ether oxygens (including phenoxy) is 2. The van der Waals surface area contributed by atoms with Crippen LogP contribution in [0.3, 0.4) is 0 Å². The fraction of sp³-hybridized carbons (Fsp3) is 0.842. The maximum atomic E-state index is 12.6. The van der Waals surface area contributed by atoms with Crippen LogP contribution in [0.2, 0.25) is 0 Å². The molecule has 0 radical (unpaired) electrons. The third-order valence-electron chi connectivity index (χ3n) is 7.96. The number of likely N-dealkylation sites (N-methyl/N-ethyl adjacent to an activating group) is 1. The van der Waals surface area contributed by atoms with Gasteiger partial charge >= 0.3 is 11.9 Å². The summed E-state index contributed by atoms with van der Waals surface area (Å²) in [5, 5.41) is 0. The number of phosphoric ester groups is 1. The van der Waals surface area contributed by atoms with Crippen molar-refractivity contribution >= 4 is 19.8 Å². The first-order valence-electron chi connectivity index (χ1n) is 19.0. The second-order valence-corrected chi connectivity index (χ2v) is 15.4. The van der Waals surface area contributed by atoms with E-state index in [0.717, 1.165) is 64.2 Å². The molecule has 0 aromatic rings. The number of rotatable bonds is 34. The molecule has 2 unspecified atom stereocenters. The van der Waals surface area contributed by atoms with E-state index < -0.39 is 26.5 Å². The molecule has 0 aliphatic heterocycles. The maximum Gasteiger partial charge on any atom is 0.306 e. The van der Waals surface area contributed by atoms with E-state index in [1.807, 2.05) is 21.1 Å². The number of quaternary nitrogens is 1. The van der Waals surface area contributed by atoms with Crippen LogP contribution in [0.5, 0.6) is 0 Å². The Morgan fingerprint density at radius 2 is 1.17 bits per heavy atom. The number of carbonyl (C=O) groups excluding carboxylic acids is 2. The Balaban J connectivity index is 4.47. The Morgan fingerprint density at radius 1 is 0.646 bits per heavy atom. The molecule has 0 saturated heterocycles.